The van der Waals surface area contributed by atoms with Crippen molar-refractivity contribution >= 4 is 17.5 Å². The number of amides is 1. The molecule has 0 aromatic heterocycles. The molecule has 76 valence electrons. The molecule has 1 aliphatic rings. The highest BCUT2D eigenvalue weighted by Gasteiger charge is 2.22. The van der Waals surface area contributed by atoms with Gasteiger partial charge in [0.2, 0.25) is 5.91 Å². The van der Waals surface area contributed by atoms with Crippen LogP contribution in [0.4, 0.5) is 5.69 Å². The van der Waals surface area contributed by atoms with E-state index in [0.717, 1.165) is 17.7 Å². The molecule has 0 radical (unpaired) electrons. The number of hydrogen-bond donors (Lipinski definition) is 0. The summed E-state index contributed by atoms with van der Waals surface area (Å²) in [5.74, 6) is 1.77. The van der Waals surface area contributed by atoms with Gasteiger partial charge >= 0.3 is 0 Å². The van der Waals surface area contributed by atoms with Gasteiger partial charge in [-0.3, -0.25) is 4.79 Å². The van der Waals surface area contributed by atoms with E-state index >= 15 is 0 Å². The largest absolute Gasteiger partial charge is 0.308 e. The Morgan fingerprint density at radius 3 is 2.93 bits per heavy atom. The van der Waals surface area contributed by atoms with E-state index in [4.69, 9.17) is 0 Å². The zero-order valence-corrected chi connectivity index (χ0v) is 8.27. The molecule has 0 N–H and O–H groups in total. The van der Waals surface area contributed by atoms with E-state index in [0.29, 0.717) is 13.0 Å². The number of rotatable bonds is 2. The molecule has 0 fully saturated rings. The highest BCUT2D eigenvalue weighted by atomic mass is 16.2. The molecule has 1 aliphatic heterocycles. The second-order valence-corrected chi connectivity index (χ2v) is 3.46. The van der Waals surface area contributed by atoms with Gasteiger partial charge < -0.3 is 4.90 Å². The molecule has 0 bridgehead atoms. The van der Waals surface area contributed by atoms with Gasteiger partial charge in [-0.25, -0.2) is 4.79 Å². The highest BCUT2D eigenvalue weighted by Crippen LogP contribution is 2.26. The molecular weight excluding hydrogens is 190 g/mol. The first kappa shape index (κ1) is 9.69. The minimum absolute atomic E-state index is 0.0696. The topological polar surface area (TPSA) is 37.4 Å². The molecule has 1 aromatic rings. The number of benzene rings is 1. The highest BCUT2D eigenvalue weighted by molar-refractivity contribution is 5.96. The third kappa shape index (κ3) is 1.83. The number of carbonyl (C=O) groups is 1. The lowest BCUT2D eigenvalue weighted by atomic mass is 10.0. The number of anilines is 1. The summed E-state index contributed by atoms with van der Waals surface area (Å²) in [6.45, 7) is 0.319. The summed E-state index contributed by atoms with van der Waals surface area (Å²) >= 11 is 0. The predicted molar refractivity (Wildman–Crippen MR) is 57.4 cm³/mol. The third-order valence-electron chi connectivity index (χ3n) is 2.55. The average molecular weight is 201 g/mol. The lowest BCUT2D eigenvalue weighted by molar-refractivity contribution is -0.118. The summed E-state index contributed by atoms with van der Waals surface area (Å²) < 4.78 is 0. The quantitative estimate of drug-likeness (QED) is 0.677. The maximum absolute atomic E-state index is 11.6. The molecule has 3 nitrogen and oxygen atoms in total. The lowest BCUT2D eigenvalue weighted by Gasteiger charge is -2.27. The molecule has 0 unspecified atom stereocenters. The van der Waals surface area contributed by atoms with Gasteiger partial charge in [0, 0.05) is 18.2 Å². The number of fused-ring (bicyclic) bond motifs is 1. The van der Waals surface area contributed by atoms with Crippen LogP contribution in [-0.2, 0) is 16.0 Å². The Morgan fingerprint density at radius 2 is 2.13 bits per heavy atom. The summed E-state index contributed by atoms with van der Waals surface area (Å²) in [6.07, 6.45) is 2.64. The van der Waals surface area contributed by atoms with E-state index in [2.05, 4.69) is 0 Å². The first-order valence-electron chi connectivity index (χ1n) is 4.90. The maximum Gasteiger partial charge on any atom is 0.227 e. The van der Waals surface area contributed by atoms with E-state index in [1.165, 1.54) is 6.08 Å². The molecule has 1 heterocycles. The van der Waals surface area contributed by atoms with Gasteiger partial charge in [-0.1, -0.05) is 18.2 Å². The van der Waals surface area contributed by atoms with E-state index in [-0.39, 0.29) is 5.91 Å². The number of para-hydroxylation sites is 1. The van der Waals surface area contributed by atoms with Gasteiger partial charge in [0.15, 0.2) is 0 Å². The molecule has 0 saturated heterocycles. The number of nitrogens with zero attached hydrogens (tertiary/aromatic N) is 1. The summed E-state index contributed by atoms with van der Waals surface area (Å²) in [7, 11) is 0. The first-order chi connectivity index (χ1) is 7.33. The van der Waals surface area contributed by atoms with Crippen molar-refractivity contribution in [3.05, 3.63) is 35.9 Å². The zero-order chi connectivity index (χ0) is 10.7. The van der Waals surface area contributed by atoms with Crippen molar-refractivity contribution < 1.29 is 9.59 Å². The van der Waals surface area contributed by atoms with E-state index in [1.807, 2.05) is 24.3 Å². The smallest absolute Gasteiger partial charge is 0.227 e. The second-order valence-electron chi connectivity index (χ2n) is 3.46. The Labute approximate surface area is 88.0 Å². The Balaban J connectivity index is 2.36. The minimum atomic E-state index is 0.0696. The number of carbonyl (C=O) groups excluding carboxylic acids is 2. The van der Waals surface area contributed by atoms with Crippen LogP contribution in [0.5, 0.6) is 0 Å². The molecule has 0 aliphatic carbocycles. The summed E-state index contributed by atoms with van der Waals surface area (Å²) in [5, 5.41) is 0. The maximum atomic E-state index is 11.6. The molecule has 0 atom stereocenters. The van der Waals surface area contributed by atoms with Crippen LogP contribution < -0.4 is 4.90 Å². The monoisotopic (exact) mass is 201 g/mol. The van der Waals surface area contributed by atoms with Crippen LogP contribution in [0, 0.1) is 0 Å². The van der Waals surface area contributed by atoms with Crippen molar-refractivity contribution in [3.8, 4) is 0 Å². The van der Waals surface area contributed by atoms with Gasteiger partial charge in [0.25, 0.3) is 0 Å². The van der Waals surface area contributed by atoms with Gasteiger partial charge in [-0.2, -0.15) is 0 Å². The predicted octanol–water partition coefficient (Wildman–Crippen LogP) is 1.35. The van der Waals surface area contributed by atoms with Crippen LogP contribution in [0.1, 0.15) is 12.0 Å². The minimum Gasteiger partial charge on any atom is -0.308 e. The molecule has 1 aromatic carbocycles. The van der Waals surface area contributed by atoms with Gasteiger partial charge in [0.1, 0.15) is 5.94 Å². The van der Waals surface area contributed by atoms with Crippen molar-refractivity contribution in [2.45, 2.75) is 12.8 Å². The summed E-state index contributed by atoms with van der Waals surface area (Å²) in [6, 6.07) is 7.78. The van der Waals surface area contributed by atoms with Gasteiger partial charge in [-0.15, -0.1) is 0 Å². The average Bonchev–Trinajstić information content (AvgIpc) is 2.28. The first-order valence-corrected chi connectivity index (χ1v) is 4.90. The van der Waals surface area contributed by atoms with Crippen LogP contribution in [0.3, 0.4) is 0 Å². The molecule has 2 rings (SSSR count). The Kier molecular flexibility index (Phi) is 2.66. The Hall–Kier alpha value is -1.86. The van der Waals surface area contributed by atoms with Gasteiger partial charge in [0.05, 0.1) is 6.54 Å². The summed E-state index contributed by atoms with van der Waals surface area (Å²) in [5.41, 5.74) is 2.08. The Morgan fingerprint density at radius 1 is 1.33 bits per heavy atom. The molecule has 1 amide bonds. The molecule has 3 heteroatoms. The van der Waals surface area contributed by atoms with E-state index in [1.54, 1.807) is 10.8 Å². The fourth-order valence-corrected chi connectivity index (χ4v) is 1.83. The van der Waals surface area contributed by atoms with Crippen molar-refractivity contribution in [2.75, 3.05) is 11.4 Å². The van der Waals surface area contributed by atoms with Crippen LogP contribution in [0.2, 0.25) is 0 Å². The van der Waals surface area contributed by atoms with Crippen molar-refractivity contribution in [3.63, 3.8) is 0 Å². The van der Waals surface area contributed by atoms with E-state index < -0.39 is 0 Å². The molecular formula is C12H11NO2. The summed E-state index contributed by atoms with van der Waals surface area (Å²) in [4.78, 5) is 23.4. The van der Waals surface area contributed by atoms with Crippen molar-refractivity contribution in [2.24, 2.45) is 0 Å². The lowest BCUT2D eigenvalue weighted by Crippen LogP contribution is -2.35. The van der Waals surface area contributed by atoms with Crippen LogP contribution in [0.25, 0.3) is 0 Å². The molecule has 0 spiro atoms. The molecule has 15 heavy (non-hydrogen) atoms. The zero-order valence-electron chi connectivity index (χ0n) is 8.27. The Bertz CT molecular complexity index is 433. The second kappa shape index (κ2) is 4.11. The van der Waals surface area contributed by atoms with E-state index in [9.17, 15) is 9.59 Å². The third-order valence-corrected chi connectivity index (χ3v) is 2.55. The number of hydrogen-bond acceptors (Lipinski definition) is 2. The van der Waals surface area contributed by atoms with Crippen LogP contribution in [0.15, 0.2) is 30.3 Å². The van der Waals surface area contributed by atoms with Crippen molar-refractivity contribution in [1.82, 2.24) is 0 Å². The fraction of sp³-hybridized carbons (Fsp3) is 0.250. The van der Waals surface area contributed by atoms with Crippen LogP contribution in [-0.4, -0.2) is 18.4 Å². The molecule has 0 saturated carbocycles. The SMILES string of the molecule is O=C=CCN1C(=O)CCc2ccccc21. The van der Waals surface area contributed by atoms with Crippen molar-refractivity contribution in [1.29, 1.82) is 0 Å². The fourth-order valence-electron chi connectivity index (χ4n) is 1.83. The van der Waals surface area contributed by atoms with Gasteiger partial charge in [-0.05, 0) is 18.1 Å². The standard InChI is InChI=1S/C12H11NO2/c14-9-3-8-13-11-5-2-1-4-10(11)6-7-12(13)15/h1-5H,6-8H2. The van der Waals surface area contributed by atoms with Crippen LogP contribution >= 0.6 is 0 Å². The number of aryl methyl sites for hydroxylation is 1. The normalized spacial score (nSPS) is 14.4.